The van der Waals surface area contributed by atoms with Crippen molar-refractivity contribution in [3.05, 3.63) is 220 Å². The van der Waals surface area contributed by atoms with Crippen LogP contribution in [0.1, 0.15) is 13.3 Å². The van der Waals surface area contributed by atoms with Gasteiger partial charge in [0.05, 0.1) is 6.61 Å². The van der Waals surface area contributed by atoms with Gasteiger partial charge in [-0.3, -0.25) is 0 Å². The first-order valence-electron chi connectivity index (χ1n) is 14.5. The van der Waals surface area contributed by atoms with Gasteiger partial charge in [0.15, 0.2) is 0 Å². The van der Waals surface area contributed by atoms with Crippen molar-refractivity contribution in [3.8, 4) is 0 Å². The van der Waals surface area contributed by atoms with Gasteiger partial charge in [0.2, 0.25) is 0 Å². The molecule has 0 fully saturated rings. The number of ether oxygens (including phenoxy) is 3. The summed E-state index contributed by atoms with van der Waals surface area (Å²) in [4.78, 5) is 23.1. The topological polar surface area (TPSA) is 61.8 Å². The zero-order valence-corrected chi connectivity index (χ0v) is 27.5. The third kappa shape index (κ3) is 16.6. The standard InChI is InChI=1S/C42H46O5/c1-12-33(29-30-45-41(43)20-9)21-23-35(14-3)36(15-4)24-22-34(13-2)31-46-39(18-7)27-25-37(16-5)38(17-6)26-28-40(19-8)47-42(44)32(10)11/h12-28H,1-10,29-31H2,11H3/b33-21+,34-22+,35-23+,36-24+,37-25+,38-26+,39-27+,40-28+. The summed E-state index contributed by atoms with van der Waals surface area (Å²) in [5.41, 5.74) is 5.07. The summed E-state index contributed by atoms with van der Waals surface area (Å²) in [5.74, 6) is -0.236. The highest BCUT2D eigenvalue weighted by molar-refractivity contribution is 5.87. The van der Waals surface area contributed by atoms with E-state index in [9.17, 15) is 9.59 Å². The molecule has 0 aliphatic rings. The number of carbonyl (C=O) groups is 2. The number of hydrogen-bond donors (Lipinski definition) is 0. The van der Waals surface area contributed by atoms with Crippen LogP contribution in [-0.4, -0.2) is 25.2 Å². The summed E-state index contributed by atoms with van der Waals surface area (Å²) < 4.78 is 16.3. The SMILES string of the molecule is C=CC(=O)OCC/C(C=C)=C/C=C(C=C)/C(C=C)=C/C=C(\C=C)CO/C(C=C)=C/C=C(C=C)/C(C=C)=C/C=C(\C=C)OC(=O)C(=C)C. The van der Waals surface area contributed by atoms with E-state index in [-0.39, 0.29) is 24.5 Å². The van der Waals surface area contributed by atoms with Crippen LogP contribution in [0, 0.1) is 0 Å². The zero-order valence-electron chi connectivity index (χ0n) is 27.5. The van der Waals surface area contributed by atoms with Gasteiger partial charge in [0.25, 0.3) is 0 Å². The second kappa shape index (κ2) is 24.4. The number of rotatable bonds is 23. The summed E-state index contributed by atoms with van der Waals surface area (Å²) in [5, 5.41) is 0. The first-order chi connectivity index (χ1) is 22.6. The quantitative estimate of drug-likeness (QED) is 0.0487. The molecular weight excluding hydrogens is 584 g/mol. The van der Waals surface area contributed by atoms with E-state index in [1.165, 1.54) is 6.08 Å². The van der Waals surface area contributed by atoms with E-state index in [0.29, 0.717) is 12.2 Å². The summed E-state index contributed by atoms with van der Waals surface area (Å²) in [6, 6.07) is 0. The van der Waals surface area contributed by atoms with Gasteiger partial charge < -0.3 is 14.2 Å². The summed E-state index contributed by atoms with van der Waals surface area (Å²) in [6.07, 6.45) is 29.2. The van der Waals surface area contributed by atoms with E-state index >= 15 is 0 Å². The van der Waals surface area contributed by atoms with Crippen LogP contribution in [0.3, 0.4) is 0 Å². The molecule has 5 nitrogen and oxygen atoms in total. The fraction of sp³-hybridized carbons (Fsp3) is 0.0952. The van der Waals surface area contributed by atoms with E-state index in [1.807, 2.05) is 30.4 Å². The van der Waals surface area contributed by atoms with Crippen molar-refractivity contribution in [1.82, 2.24) is 0 Å². The van der Waals surface area contributed by atoms with E-state index in [1.54, 1.807) is 67.7 Å². The Balaban J connectivity index is 6.00. The van der Waals surface area contributed by atoms with Gasteiger partial charge >= 0.3 is 11.9 Å². The van der Waals surface area contributed by atoms with E-state index in [2.05, 4.69) is 65.8 Å². The Labute approximate surface area is 281 Å². The van der Waals surface area contributed by atoms with E-state index in [0.717, 1.165) is 39.5 Å². The zero-order chi connectivity index (χ0) is 35.6. The fourth-order valence-electron chi connectivity index (χ4n) is 3.30. The van der Waals surface area contributed by atoms with Crippen molar-refractivity contribution < 1.29 is 23.8 Å². The lowest BCUT2D eigenvalue weighted by molar-refractivity contribution is -0.137. The van der Waals surface area contributed by atoms with Gasteiger partial charge in [-0.25, -0.2) is 9.59 Å². The van der Waals surface area contributed by atoms with Crippen LogP contribution in [0.4, 0.5) is 0 Å². The maximum atomic E-state index is 11.9. The first-order valence-corrected chi connectivity index (χ1v) is 14.5. The van der Waals surface area contributed by atoms with Gasteiger partial charge in [-0.15, -0.1) is 0 Å². The number of allylic oxidation sites excluding steroid dienone is 19. The normalized spacial score (nSPS) is 13.4. The molecule has 47 heavy (non-hydrogen) atoms. The lowest BCUT2D eigenvalue weighted by Gasteiger charge is -2.08. The average molecular weight is 631 g/mol. The monoisotopic (exact) mass is 630 g/mol. The Morgan fingerprint density at radius 2 is 0.957 bits per heavy atom. The molecule has 0 aromatic rings. The predicted molar refractivity (Wildman–Crippen MR) is 199 cm³/mol. The third-order valence-electron chi connectivity index (χ3n) is 6.05. The molecule has 0 spiro atoms. The molecule has 244 valence electrons. The number of carbonyl (C=O) groups excluding carboxylic acids is 2. The van der Waals surface area contributed by atoms with Crippen molar-refractivity contribution in [1.29, 1.82) is 0 Å². The Kier molecular flexibility index (Phi) is 21.3. The molecule has 0 rings (SSSR count). The minimum Gasteiger partial charge on any atom is -0.489 e. The summed E-state index contributed by atoms with van der Waals surface area (Å²) in [7, 11) is 0. The molecule has 0 amide bonds. The van der Waals surface area contributed by atoms with Crippen molar-refractivity contribution in [2.75, 3.05) is 13.2 Å². The maximum Gasteiger partial charge on any atom is 0.338 e. The summed E-state index contributed by atoms with van der Waals surface area (Å²) in [6.45, 7) is 39.9. The van der Waals surface area contributed by atoms with Crippen LogP contribution >= 0.6 is 0 Å². The molecule has 0 unspecified atom stereocenters. The molecular formula is C42H46O5. The van der Waals surface area contributed by atoms with Gasteiger partial charge in [-0.2, -0.15) is 0 Å². The molecule has 0 atom stereocenters. The van der Waals surface area contributed by atoms with Gasteiger partial charge in [0, 0.05) is 18.1 Å². The maximum absolute atomic E-state index is 11.9. The Morgan fingerprint density at radius 3 is 1.36 bits per heavy atom. The van der Waals surface area contributed by atoms with Crippen LogP contribution in [0.2, 0.25) is 0 Å². The first kappa shape index (κ1) is 41.1. The second-order valence-corrected chi connectivity index (χ2v) is 9.32. The second-order valence-electron chi connectivity index (χ2n) is 9.32. The van der Waals surface area contributed by atoms with E-state index in [4.69, 9.17) is 14.2 Å². The molecule has 0 radical (unpaired) electrons. The molecule has 0 aliphatic heterocycles. The highest BCUT2D eigenvalue weighted by Crippen LogP contribution is 2.18. The molecule has 0 bridgehead atoms. The Hall–Kier alpha value is -5.94. The molecule has 0 heterocycles. The third-order valence-corrected chi connectivity index (χ3v) is 6.05. The van der Waals surface area contributed by atoms with Crippen molar-refractivity contribution in [3.63, 3.8) is 0 Å². The van der Waals surface area contributed by atoms with Crippen LogP contribution in [0.15, 0.2) is 220 Å². The lowest BCUT2D eigenvalue weighted by Crippen LogP contribution is -2.03. The van der Waals surface area contributed by atoms with Crippen molar-refractivity contribution in [2.24, 2.45) is 0 Å². The highest BCUT2D eigenvalue weighted by atomic mass is 16.5. The summed E-state index contributed by atoms with van der Waals surface area (Å²) >= 11 is 0. The van der Waals surface area contributed by atoms with Crippen molar-refractivity contribution >= 4 is 11.9 Å². The van der Waals surface area contributed by atoms with Crippen LogP contribution in [0.5, 0.6) is 0 Å². The Bertz CT molecular complexity index is 1520. The number of hydrogen-bond acceptors (Lipinski definition) is 5. The largest absolute Gasteiger partial charge is 0.489 e. The van der Waals surface area contributed by atoms with Crippen LogP contribution < -0.4 is 0 Å². The average Bonchev–Trinajstić information content (AvgIpc) is 3.08. The van der Waals surface area contributed by atoms with Crippen LogP contribution in [0.25, 0.3) is 0 Å². The molecule has 5 heteroatoms. The lowest BCUT2D eigenvalue weighted by atomic mass is 10.0. The molecule has 0 N–H and O–H groups in total. The van der Waals surface area contributed by atoms with E-state index < -0.39 is 11.9 Å². The van der Waals surface area contributed by atoms with Gasteiger partial charge in [0.1, 0.15) is 18.1 Å². The minimum absolute atomic E-state index is 0.218. The van der Waals surface area contributed by atoms with Crippen molar-refractivity contribution in [2.45, 2.75) is 13.3 Å². The molecule has 0 saturated carbocycles. The molecule has 0 aromatic carbocycles. The molecule has 0 aromatic heterocycles. The predicted octanol–water partition coefficient (Wildman–Crippen LogP) is 10.1. The molecule has 0 aliphatic carbocycles. The smallest absolute Gasteiger partial charge is 0.338 e. The van der Waals surface area contributed by atoms with Gasteiger partial charge in [-0.1, -0.05) is 139 Å². The fourth-order valence-corrected chi connectivity index (χ4v) is 3.30. The van der Waals surface area contributed by atoms with Gasteiger partial charge in [-0.05, 0) is 64.7 Å². The van der Waals surface area contributed by atoms with Crippen LogP contribution in [-0.2, 0) is 23.8 Å². The highest BCUT2D eigenvalue weighted by Gasteiger charge is 2.05. The molecule has 0 saturated heterocycles. The Morgan fingerprint density at radius 1 is 0.511 bits per heavy atom. The number of esters is 2. The minimum atomic E-state index is -0.543.